The van der Waals surface area contributed by atoms with Crippen molar-refractivity contribution in [2.24, 2.45) is 4.99 Å². The molecule has 1 atom stereocenters. The minimum Gasteiger partial charge on any atom is -0.496 e. The van der Waals surface area contributed by atoms with Crippen LogP contribution in [0.15, 0.2) is 23.2 Å². The average molecular weight is 380 g/mol. The highest BCUT2D eigenvalue weighted by Gasteiger charge is 2.38. The van der Waals surface area contributed by atoms with Gasteiger partial charge in [-0.1, -0.05) is 11.8 Å². The van der Waals surface area contributed by atoms with Gasteiger partial charge in [-0.25, -0.2) is 0 Å². The normalized spacial score (nSPS) is 18.3. The van der Waals surface area contributed by atoms with Gasteiger partial charge >= 0.3 is 0 Å². The Kier molecular flexibility index (Phi) is 6.56. The summed E-state index contributed by atoms with van der Waals surface area (Å²) in [5, 5.41) is 13.7. The van der Waals surface area contributed by atoms with Gasteiger partial charge < -0.3 is 10.1 Å². The molecule has 0 aliphatic carbocycles. The zero-order chi connectivity index (χ0) is 19.3. The fourth-order valence-electron chi connectivity index (χ4n) is 2.45. The molecule has 1 N–H and O–H groups in total. The van der Waals surface area contributed by atoms with Crippen molar-refractivity contribution in [3.8, 4) is 5.75 Å². The summed E-state index contributed by atoms with van der Waals surface area (Å²) < 4.78 is 4.96. The second-order valence-corrected chi connectivity index (χ2v) is 6.51. The van der Waals surface area contributed by atoms with E-state index in [2.05, 4.69) is 10.3 Å². The number of anilines is 1. The van der Waals surface area contributed by atoms with E-state index in [0.29, 0.717) is 24.0 Å². The van der Waals surface area contributed by atoms with Crippen molar-refractivity contribution in [2.75, 3.05) is 25.5 Å². The van der Waals surface area contributed by atoms with E-state index in [1.807, 2.05) is 13.8 Å². The van der Waals surface area contributed by atoms with E-state index in [0.717, 1.165) is 0 Å². The Labute approximate surface area is 154 Å². The Balaban J connectivity index is 2.11. The standard InChI is InChI=1S/C16H20N4O5S/c1-4-17-16-19(5-2)15(22)13(26-16)9-14(21)18-11-7-6-10(25-3)8-12(11)20(23)24/h6-8,13H,4-5,9H2,1-3H3,(H,18,21)/t13-/m1/s1. The number of hydrogen-bond acceptors (Lipinski definition) is 7. The maximum atomic E-state index is 12.4. The van der Waals surface area contributed by atoms with Gasteiger partial charge in [-0.3, -0.25) is 29.6 Å². The zero-order valence-corrected chi connectivity index (χ0v) is 15.5. The number of nitrogens with one attached hydrogen (secondary N) is 1. The number of ether oxygens (including phenoxy) is 1. The van der Waals surface area contributed by atoms with Crippen molar-refractivity contribution < 1.29 is 19.2 Å². The second-order valence-electron chi connectivity index (χ2n) is 5.34. The maximum absolute atomic E-state index is 12.4. The molecule has 1 aromatic carbocycles. The number of amidine groups is 1. The van der Waals surface area contributed by atoms with Crippen molar-refractivity contribution in [3.05, 3.63) is 28.3 Å². The highest BCUT2D eigenvalue weighted by molar-refractivity contribution is 8.15. The molecule has 0 spiro atoms. The lowest BCUT2D eigenvalue weighted by Gasteiger charge is -2.13. The predicted octanol–water partition coefficient (Wildman–Crippen LogP) is 2.27. The van der Waals surface area contributed by atoms with Crippen LogP contribution < -0.4 is 10.1 Å². The van der Waals surface area contributed by atoms with E-state index in [1.165, 1.54) is 37.1 Å². The number of thioether (sulfide) groups is 1. The quantitative estimate of drug-likeness (QED) is 0.573. The lowest BCUT2D eigenvalue weighted by atomic mass is 10.2. The zero-order valence-electron chi connectivity index (χ0n) is 14.7. The monoisotopic (exact) mass is 380 g/mol. The molecule has 1 aliphatic rings. The van der Waals surface area contributed by atoms with Crippen LogP contribution in [0.25, 0.3) is 0 Å². The van der Waals surface area contributed by atoms with Gasteiger partial charge in [0, 0.05) is 19.5 Å². The van der Waals surface area contributed by atoms with Gasteiger partial charge in [-0.05, 0) is 26.0 Å². The summed E-state index contributed by atoms with van der Waals surface area (Å²) in [6, 6.07) is 4.15. The van der Waals surface area contributed by atoms with Crippen molar-refractivity contribution >= 4 is 40.1 Å². The number of nitro benzene ring substituents is 1. The third-order valence-electron chi connectivity index (χ3n) is 3.68. The molecule has 1 aromatic rings. The Hall–Kier alpha value is -2.62. The molecule has 26 heavy (non-hydrogen) atoms. The molecular weight excluding hydrogens is 360 g/mol. The maximum Gasteiger partial charge on any atom is 0.296 e. The molecule has 0 bridgehead atoms. The molecule has 1 saturated heterocycles. The number of carbonyl (C=O) groups excluding carboxylic acids is 2. The third-order valence-corrected chi connectivity index (χ3v) is 4.89. The van der Waals surface area contributed by atoms with Gasteiger partial charge in [-0.2, -0.15) is 0 Å². The highest BCUT2D eigenvalue weighted by atomic mass is 32.2. The number of nitrogens with zero attached hydrogens (tertiary/aromatic N) is 3. The number of benzene rings is 1. The predicted molar refractivity (Wildman–Crippen MR) is 99.6 cm³/mol. The molecule has 1 aliphatic heterocycles. The third kappa shape index (κ3) is 4.31. The first-order valence-corrected chi connectivity index (χ1v) is 8.93. The van der Waals surface area contributed by atoms with Gasteiger partial charge in [0.1, 0.15) is 16.7 Å². The first kappa shape index (κ1) is 19.7. The number of nitro groups is 1. The number of hydrogen-bond donors (Lipinski definition) is 1. The van der Waals surface area contributed by atoms with Crippen LogP contribution in [0.5, 0.6) is 5.75 Å². The van der Waals surface area contributed by atoms with Crippen molar-refractivity contribution in [1.29, 1.82) is 0 Å². The fourth-order valence-corrected chi connectivity index (χ4v) is 3.72. The summed E-state index contributed by atoms with van der Waals surface area (Å²) in [6.45, 7) is 4.73. The molecule has 9 nitrogen and oxygen atoms in total. The number of methoxy groups -OCH3 is 1. The molecule has 10 heteroatoms. The summed E-state index contributed by atoms with van der Waals surface area (Å²) in [4.78, 5) is 41.1. The molecular formula is C16H20N4O5S. The Morgan fingerprint density at radius 2 is 2.19 bits per heavy atom. The van der Waals surface area contributed by atoms with E-state index >= 15 is 0 Å². The molecule has 1 heterocycles. The molecule has 2 amide bonds. The molecule has 0 aromatic heterocycles. The van der Waals surface area contributed by atoms with Gasteiger partial charge in [0.25, 0.3) is 5.69 Å². The lowest BCUT2D eigenvalue weighted by molar-refractivity contribution is -0.384. The van der Waals surface area contributed by atoms with Crippen LogP contribution in [-0.4, -0.2) is 52.3 Å². The SMILES string of the molecule is CCN=C1S[C@H](CC(=O)Nc2ccc(OC)cc2[N+](=O)[O-])C(=O)N1CC. The van der Waals surface area contributed by atoms with E-state index in [4.69, 9.17) is 4.74 Å². The van der Waals surface area contributed by atoms with E-state index in [9.17, 15) is 19.7 Å². The summed E-state index contributed by atoms with van der Waals surface area (Å²) in [5.41, 5.74) is -0.211. The van der Waals surface area contributed by atoms with Crippen LogP contribution in [0.2, 0.25) is 0 Å². The largest absolute Gasteiger partial charge is 0.496 e. The highest BCUT2D eigenvalue weighted by Crippen LogP contribution is 2.32. The number of aliphatic imine (C=N–C) groups is 1. The van der Waals surface area contributed by atoms with Gasteiger partial charge in [-0.15, -0.1) is 0 Å². The van der Waals surface area contributed by atoms with E-state index < -0.39 is 16.1 Å². The van der Waals surface area contributed by atoms with Crippen LogP contribution in [-0.2, 0) is 9.59 Å². The Morgan fingerprint density at radius 3 is 2.77 bits per heavy atom. The lowest BCUT2D eigenvalue weighted by Crippen LogP contribution is -2.33. The first-order valence-electron chi connectivity index (χ1n) is 8.06. The molecule has 1 fully saturated rings. The topological polar surface area (TPSA) is 114 Å². The van der Waals surface area contributed by atoms with Gasteiger partial charge in [0.15, 0.2) is 5.17 Å². The Bertz CT molecular complexity index is 752. The summed E-state index contributed by atoms with van der Waals surface area (Å²) in [5.74, 6) is -0.336. The van der Waals surface area contributed by atoms with Crippen molar-refractivity contribution in [3.63, 3.8) is 0 Å². The summed E-state index contributed by atoms with van der Waals surface area (Å²) in [7, 11) is 1.40. The summed E-state index contributed by atoms with van der Waals surface area (Å²) in [6.07, 6.45) is -0.0914. The Morgan fingerprint density at radius 1 is 1.46 bits per heavy atom. The van der Waals surface area contributed by atoms with Crippen molar-refractivity contribution in [2.45, 2.75) is 25.5 Å². The molecule has 140 valence electrons. The average Bonchev–Trinajstić information content (AvgIpc) is 2.90. The first-order chi connectivity index (χ1) is 12.4. The van der Waals surface area contributed by atoms with E-state index in [-0.39, 0.29) is 23.7 Å². The molecule has 0 unspecified atom stereocenters. The number of carbonyl (C=O) groups is 2. The fraction of sp³-hybridized carbons (Fsp3) is 0.438. The van der Waals surface area contributed by atoms with Crippen molar-refractivity contribution in [1.82, 2.24) is 4.90 Å². The van der Waals surface area contributed by atoms with Crippen LogP contribution in [0.3, 0.4) is 0 Å². The van der Waals surface area contributed by atoms with Crippen LogP contribution in [0.1, 0.15) is 20.3 Å². The van der Waals surface area contributed by atoms with Gasteiger partial charge in [0.2, 0.25) is 11.8 Å². The van der Waals surface area contributed by atoms with Crippen LogP contribution >= 0.6 is 11.8 Å². The van der Waals surface area contributed by atoms with E-state index in [1.54, 1.807) is 4.90 Å². The van der Waals surface area contributed by atoms with Crippen LogP contribution in [0.4, 0.5) is 11.4 Å². The minimum absolute atomic E-state index is 0.0612. The molecule has 0 saturated carbocycles. The number of amides is 2. The summed E-state index contributed by atoms with van der Waals surface area (Å²) >= 11 is 1.24. The second kappa shape index (κ2) is 8.65. The van der Waals surface area contributed by atoms with Crippen LogP contribution in [0, 0.1) is 10.1 Å². The minimum atomic E-state index is -0.599. The number of rotatable bonds is 7. The van der Waals surface area contributed by atoms with Gasteiger partial charge in [0.05, 0.1) is 18.1 Å². The molecule has 2 rings (SSSR count). The molecule has 0 radical (unpaired) electrons. The smallest absolute Gasteiger partial charge is 0.296 e.